The normalized spacial score (nSPS) is 11.0. The molecule has 2 heterocycles. The lowest BCUT2D eigenvalue weighted by Crippen LogP contribution is -2.13. The number of hydrogen-bond acceptors (Lipinski definition) is 3. The molecule has 3 aromatic carbocycles. The lowest BCUT2D eigenvalue weighted by atomic mass is 10.1. The minimum Gasteiger partial charge on any atom is -0.321 e. The molecule has 1 amide bonds. The minimum atomic E-state index is -0.132. The molecule has 0 aliphatic heterocycles. The summed E-state index contributed by atoms with van der Waals surface area (Å²) in [5.74, 6) is -0.132. The SMILES string of the molecule is O=C(Nc1cccc2ccccc12)c1cc(-c2cccs2)nc2ccccc12. The number of para-hydroxylation sites is 1. The van der Waals surface area contributed by atoms with Gasteiger partial charge in [0.2, 0.25) is 0 Å². The molecule has 5 rings (SSSR count). The Kier molecular flexibility index (Phi) is 4.11. The van der Waals surface area contributed by atoms with Gasteiger partial charge in [0.05, 0.1) is 21.7 Å². The minimum absolute atomic E-state index is 0.132. The smallest absolute Gasteiger partial charge is 0.256 e. The zero-order chi connectivity index (χ0) is 18.9. The van der Waals surface area contributed by atoms with Crippen LogP contribution in [0.2, 0.25) is 0 Å². The van der Waals surface area contributed by atoms with Gasteiger partial charge < -0.3 is 5.32 Å². The van der Waals surface area contributed by atoms with E-state index in [1.54, 1.807) is 11.3 Å². The molecule has 2 aromatic heterocycles. The predicted molar refractivity (Wildman–Crippen MR) is 117 cm³/mol. The van der Waals surface area contributed by atoms with Crippen molar-refractivity contribution < 1.29 is 4.79 Å². The van der Waals surface area contributed by atoms with Crippen molar-refractivity contribution in [2.75, 3.05) is 5.32 Å². The Morgan fingerprint density at radius 3 is 2.46 bits per heavy atom. The van der Waals surface area contributed by atoms with Crippen molar-refractivity contribution in [3.05, 3.63) is 95.9 Å². The van der Waals surface area contributed by atoms with Crippen LogP contribution in [0.1, 0.15) is 10.4 Å². The fourth-order valence-electron chi connectivity index (χ4n) is 3.44. The number of aromatic nitrogens is 1. The predicted octanol–water partition coefficient (Wildman–Crippen LogP) is 6.37. The lowest BCUT2D eigenvalue weighted by Gasteiger charge is -2.12. The van der Waals surface area contributed by atoms with Gasteiger partial charge in [-0.1, -0.05) is 60.7 Å². The maximum absolute atomic E-state index is 13.3. The van der Waals surface area contributed by atoms with E-state index >= 15 is 0 Å². The highest BCUT2D eigenvalue weighted by Crippen LogP contribution is 2.29. The summed E-state index contributed by atoms with van der Waals surface area (Å²) in [6.07, 6.45) is 0. The molecule has 0 aliphatic carbocycles. The Bertz CT molecular complexity index is 1300. The first-order valence-corrected chi connectivity index (χ1v) is 9.90. The number of fused-ring (bicyclic) bond motifs is 2. The Morgan fingerprint density at radius 1 is 0.821 bits per heavy atom. The second-order valence-corrected chi connectivity index (χ2v) is 7.48. The number of benzene rings is 3. The largest absolute Gasteiger partial charge is 0.321 e. The molecule has 134 valence electrons. The quantitative estimate of drug-likeness (QED) is 0.395. The Morgan fingerprint density at radius 2 is 1.61 bits per heavy atom. The fourth-order valence-corrected chi connectivity index (χ4v) is 4.12. The van der Waals surface area contributed by atoms with Crippen LogP contribution >= 0.6 is 11.3 Å². The molecule has 0 unspecified atom stereocenters. The van der Waals surface area contributed by atoms with Crippen molar-refractivity contribution in [2.45, 2.75) is 0 Å². The second-order valence-electron chi connectivity index (χ2n) is 6.53. The third-order valence-corrected chi connectivity index (χ3v) is 5.66. The molecule has 0 saturated carbocycles. The highest BCUT2D eigenvalue weighted by Gasteiger charge is 2.15. The fraction of sp³-hybridized carbons (Fsp3) is 0. The molecule has 0 radical (unpaired) electrons. The summed E-state index contributed by atoms with van der Waals surface area (Å²) in [5, 5.41) is 8.09. The van der Waals surface area contributed by atoms with E-state index in [9.17, 15) is 4.79 Å². The van der Waals surface area contributed by atoms with Gasteiger partial charge in [0.25, 0.3) is 5.91 Å². The molecule has 0 aliphatic rings. The number of hydrogen-bond donors (Lipinski definition) is 1. The molecule has 0 fully saturated rings. The number of nitrogens with zero attached hydrogens (tertiary/aromatic N) is 1. The van der Waals surface area contributed by atoms with Crippen LogP contribution in [-0.4, -0.2) is 10.9 Å². The van der Waals surface area contributed by atoms with Gasteiger partial charge in [-0.15, -0.1) is 11.3 Å². The maximum atomic E-state index is 13.3. The van der Waals surface area contributed by atoms with E-state index in [2.05, 4.69) is 5.32 Å². The van der Waals surface area contributed by atoms with E-state index in [1.165, 1.54) is 0 Å². The van der Waals surface area contributed by atoms with Crippen LogP contribution in [0.25, 0.3) is 32.2 Å². The van der Waals surface area contributed by atoms with Gasteiger partial charge in [-0.2, -0.15) is 0 Å². The van der Waals surface area contributed by atoms with Crippen LogP contribution < -0.4 is 5.32 Å². The molecule has 0 bridgehead atoms. The van der Waals surface area contributed by atoms with Crippen LogP contribution in [0, 0.1) is 0 Å². The van der Waals surface area contributed by atoms with Gasteiger partial charge in [-0.05, 0) is 35.0 Å². The van der Waals surface area contributed by atoms with Gasteiger partial charge in [-0.25, -0.2) is 4.98 Å². The summed E-state index contributed by atoms with van der Waals surface area (Å²) in [6.45, 7) is 0. The van der Waals surface area contributed by atoms with Crippen molar-refractivity contribution in [3.8, 4) is 10.6 Å². The summed E-state index contributed by atoms with van der Waals surface area (Å²) in [5.41, 5.74) is 3.07. The number of anilines is 1. The van der Waals surface area contributed by atoms with Gasteiger partial charge in [0, 0.05) is 16.5 Å². The number of rotatable bonds is 3. The molecular weight excluding hydrogens is 364 g/mol. The summed E-state index contributed by atoms with van der Waals surface area (Å²) in [7, 11) is 0. The van der Waals surface area contributed by atoms with E-state index in [1.807, 2.05) is 90.3 Å². The molecule has 1 N–H and O–H groups in total. The first kappa shape index (κ1) is 16.7. The van der Waals surface area contributed by atoms with Crippen molar-refractivity contribution in [1.29, 1.82) is 0 Å². The molecule has 4 heteroatoms. The Balaban J connectivity index is 1.62. The summed E-state index contributed by atoms with van der Waals surface area (Å²) in [4.78, 5) is 19.1. The van der Waals surface area contributed by atoms with Gasteiger partial charge in [0.15, 0.2) is 0 Å². The first-order chi connectivity index (χ1) is 13.8. The number of carbonyl (C=O) groups excluding carboxylic acids is 1. The zero-order valence-corrected chi connectivity index (χ0v) is 15.7. The molecule has 3 nitrogen and oxygen atoms in total. The summed E-state index contributed by atoms with van der Waals surface area (Å²) >= 11 is 1.62. The average molecular weight is 380 g/mol. The van der Waals surface area contributed by atoms with E-state index in [0.29, 0.717) is 5.56 Å². The number of nitrogens with one attached hydrogen (secondary N) is 1. The average Bonchev–Trinajstić information content (AvgIpc) is 3.28. The standard InChI is InChI=1S/C24H16N2OS/c27-24(26-20-12-5-8-16-7-1-2-9-17(16)20)19-15-22(23-13-6-14-28-23)25-21-11-4-3-10-18(19)21/h1-15H,(H,26,27). The van der Waals surface area contributed by atoms with Crippen LogP contribution in [0.3, 0.4) is 0 Å². The monoisotopic (exact) mass is 380 g/mol. The van der Waals surface area contributed by atoms with Crippen molar-refractivity contribution in [1.82, 2.24) is 4.98 Å². The Labute approximate surface area is 166 Å². The van der Waals surface area contributed by atoms with Crippen molar-refractivity contribution in [2.24, 2.45) is 0 Å². The van der Waals surface area contributed by atoms with E-state index in [0.717, 1.165) is 37.9 Å². The lowest BCUT2D eigenvalue weighted by molar-refractivity contribution is 0.102. The van der Waals surface area contributed by atoms with Gasteiger partial charge >= 0.3 is 0 Å². The summed E-state index contributed by atoms with van der Waals surface area (Å²) < 4.78 is 0. The number of thiophene rings is 1. The van der Waals surface area contributed by atoms with E-state index < -0.39 is 0 Å². The van der Waals surface area contributed by atoms with Crippen LogP contribution in [0.15, 0.2) is 90.3 Å². The van der Waals surface area contributed by atoms with Crippen LogP contribution in [0.5, 0.6) is 0 Å². The molecule has 0 atom stereocenters. The number of carbonyl (C=O) groups is 1. The first-order valence-electron chi connectivity index (χ1n) is 9.02. The number of amides is 1. The topological polar surface area (TPSA) is 42.0 Å². The molecule has 5 aromatic rings. The van der Waals surface area contributed by atoms with Crippen molar-refractivity contribution in [3.63, 3.8) is 0 Å². The van der Waals surface area contributed by atoms with Gasteiger partial charge in [-0.3, -0.25) is 4.79 Å². The molecule has 0 spiro atoms. The number of pyridine rings is 1. The van der Waals surface area contributed by atoms with Crippen molar-refractivity contribution >= 4 is 44.6 Å². The third-order valence-electron chi connectivity index (χ3n) is 4.77. The third kappa shape index (κ3) is 2.94. The summed E-state index contributed by atoms with van der Waals surface area (Å²) in [6, 6.07) is 27.6. The van der Waals surface area contributed by atoms with Crippen LogP contribution in [0.4, 0.5) is 5.69 Å². The highest BCUT2D eigenvalue weighted by molar-refractivity contribution is 7.13. The molecule has 0 saturated heterocycles. The zero-order valence-electron chi connectivity index (χ0n) is 14.9. The molecular formula is C24H16N2OS. The second kappa shape index (κ2) is 6.91. The highest BCUT2D eigenvalue weighted by atomic mass is 32.1. The molecule has 28 heavy (non-hydrogen) atoms. The van der Waals surface area contributed by atoms with E-state index in [-0.39, 0.29) is 5.91 Å². The maximum Gasteiger partial charge on any atom is 0.256 e. The Hall–Kier alpha value is -3.50. The van der Waals surface area contributed by atoms with E-state index in [4.69, 9.17) is 4.98 Å². The van der Waals surface area contributed by atoms with Crippen LogP contribution in [-0.2, 0) is 0 Å². The van der Waals surface area contributed by atoms with Gasteiger partial charge in [0.1, 0.15) is 0 Å².